The van der Waals surface area contributed by atoms with E-state index in [-0.39, 0.29) is 5.91 Å². The van der Waals surface area contributed by atoms with E-state index in [9.17, 15) is 4.79 Å². The lowest BCUT2D eigenvalue weighted by atomic mass is 10.1. The van der Waals surface area contributed by atoms with Gasteiger partial charge < -0.3 is 9.73 Å². The molecule has 1 amide bonds. The van der Waals surface area contributed by atoms with Crippen molar-refractivity contribution < 1.29 is 9.21 Å². The number of aromatic nitrogens is 2. The van der Waals surface area contributed by atoms with Crippen LogP contribution in [0.4, 0.5) is 0 Å². The first kappa shape index (κ1) is 19.1. The first-order valence-corrected chi connectivity index (χ1v) is 10.3. The van der Waals surface area contributed by atoms with Gasteiger partial charge in [0.2, 0.25) is 5.89 Å². The van der Waals surface area contributed by atoms with Crippen LogP contribution in [0.25, 0.3) is 22.7 Å². The molecular formula is C23H21N3O2S. The molecule has 29 heavy (non-hydrogen) atoms. The van der Waals surface area contributed by atoms with Crippen molar-refractivity contribution in [1.29, 1.82) is 0 Å². The van der Waals surface area contributed by atoms with E-state index in [4.69, 9.17) is 4.42 Å². The number of hydrogen-bond acceptors (Lipinski definition) is 5. The number of rotatable bonds is 6. The molecule has 4 aromatic rings. The van der Waals surface area contributed by atoms with Gasteiger partial charge in [-0.1, -0.05) is 42.5 Å². The van der Waals surface area contributed by atoms with E-state index in [1.807, 2.05) is 37.3 Å². The lowest BCUT2D eigenvalue weighted by molar-refractivity contribution is 0.0948. The minimum Gasteiger partial charge on any atom is -0.441 e. The fraction of sp³-hybridized carbons (Fsp3) is 0.174. The van der Waals surface area contributed by atoms with Crippen LogP contribution in [0.1, 0.15) is 26.8 Å². The summed E-state index contributed by atoms with van der Waals surface area (Å²) in [6.07, 6.45) is 0.741. The normalized spacial score (nSPS) is 10.8. The van der Waals surface area contributed by atoms with Gasteiger partial charge in [0.05, 0.1) is 10.7 Å². The molecule has 2 heterocycles. The third-order valence-electron chi connectivity index (χ3n) is 4.60. The molecule has 0 fully saturated rings. The Balaban J connectivity index is 1.35. The molecule has 2 aromatic heterocycles. The summed E-state index contributed by atoms with van der Waals surface area (Å²) < 4.78 is 5.67. The first-order valence-electron chi connectivity index (χ1n) is 9.42. The molecule has 0 bridgehead atoms. The predicted octanol–water partition coefficient (Wildman–Crippen LogP) is 5.05. The first-order chi connectivity index (χ1) is 14.1. The molecule has 2 aromatic carbocycles. The van der Waals surface area contributed by atoms with Crippen LogP contribution in [0.15, 0.2) is 64.4 Å². The molecule has 0 radical (unpaired) electrons. The van der Waals surface area contributed by atoms with Crippen molar-refractivity contribution in [1.82, 2.24) is 15.3 Å². The fourth-order valence-corrected chi connectivity index (χ4v) is 3.68. The van der Waals surface area contributed by atoms with Crippen LogP contribution >= 0.6 is 11.3 Å². The fourth-order valence-electron chi connectivity index (χ4n) is 3.05. The van der Waals surface area contributed by atoms with E-state index in [0.717, 1.165) is 33.8 Å². The number of oxazole rings is 1. The third-order valence-corrected chi connectivity index (χ3v) is 5.37. The smallest absolute Gasteiger partial charge is 0.273 e. The number of aryl methyl sites for hydroxylation is 2. The highest BCUT2D eigenvalue weighted by Crippen LogP contribution is 2.22. The topological polar surface area (TPSA) is 68.0 Å². The van der Waals surface area contributed by atoms with Gasteiger partial charge in [-0.25, -0.2) is 9.97 Å². The third kappa shape index (κ3) is 4.43. The highest BCUT2D eigenvalue weighted by molar-refractivity contribution is 7.09. The van der Waals surface area contributed by atoms with E-state index in [2.05, 4.69) is 44.9 Å². The standard InChI is InChI=1S/C23H21N3O2S/c1-15-21(26-23(28-15)19-6-4-3-5-7-19)22(27)24-13-12-17-8-10-18(11-9-17)20-14-29-16(2)25-20/h3-11,14H,12-13H2,1-2H3,(H,24,27). The summed E-state index contributed by atoms with van der Waals surface area (Å²) in [4.78, 5) is 21.4. The van der Waals surface area contributed by atoms with Crippen molar-refractivity contribution in [2.75, 3.05) is 6.54 Å². The van der Waals surface area contributed by atoms with Crippen LogP contribution in [-0.4, -0.2) is 22.4 Å². The van der Waals surface area contributed by atoms with Crippen LogP contribution in [0, 0.1) is 13.8 Å². The average Bonchev–Trinajstić information content (AvgIpc) is 3.35. The zero-order valence-corrected chi connectivity index (χ0v) is 17.1. The van der Waals surface area contributed by atoms with Crippen molar-refractivity contribution in [3.05, 3.63) is 82.0 Å². The summed E-state index contributed by atoms with van der Waals surface area (Å²) in [6.45, 7) is 4.29. The maximum Gasteiger partial charge on any atom is 0.273 e. The van der Waals surface area contributed by atoms with Gasteiger partial charge in [-0.05, 0) is 38.0 Å². The van der Waals surface area contributed by atoms with E-state index in [1.165, 1.54) is 0 Å². The zero-order valence-electron chi connectivity index (χ0n) is 16.3. The van der Waals surface area contributed by atoms with Crippen molar-refractivity contribution in [3.63, 3.8) is 0 Å². The quantitative estimate of drug-likeness (QED) is 0.489. The Morgan fingerprint density at radius 1 is 1.00 bits per heavy atom. The molecule has 0 aliphatic rings. The maximum atomic E-state index is 12.5. The zero-order chi connectivity index (χ0) is 20.2. The minimum atomic E-state index is -0.219. The van der Waals surface area contributed by atoms with Crippen LogP contribution in [-0.2, 0) is 6.42 Å². The van der Waals surface area contributed by atoms with Crippen molar-refractivity contribution in [3.8, 4) is 22.7 Å². The molecular weight excluding hydrogens is 382 g/mol. The summed E-state index contributed by atoms with van der Waals surface area (Å²) in [5.74, 6) is 0.758. The van der Waals surface area contributed by atoms with Crippen LogP contribution in [0.2, 0.25) is 0 Å². The van der Waals surface area contributed by atoms with Gasteiger partial charge in [0.25, 0.3) is 5.91 Å². The number of nitrogens with zero attached hydrogens (tertiary/aromatic N) is 2. The van der Waals surface area contributed by atoms with Crippen molar-refractivity contribution in [2.45, 2.75) is 20.3 Å². The van der Waals surface area contributed by atoms with Crippen LogP contribution in [0.5, 0.6) is 0 Å². The van der Waals surface area contributed by atoms with Crippen molar-refractivity contribution >= 4 is 17.2 Å². The summed E-state index contributed by atoms with van der Waals surface area (Å²) in [5, 5.41) is 6.06. The molecule has 0 atom stereocenters. The van der Waals surface area contributed by atoms with Gasteiger partial charge in [0, 0.05) is 23.1 Å². The second kappa shape index (κ2) is 8.41. The summed E-state index contributed by atoms with van der Waals surface area (Å²) in [5.41, 5.74) is 4.45. The monoisotopic (exact) mass is 403 g/mol. The van der Waals surface area contributed by atoms with Gasteiger partial charge in [-0.2, -0.15) is 0 Å². The average molecular weight is 404 g/mol. The van der Waals surface area contributed by atoms with Gasteiger partial charge in [-0.15, -0.1) is 11.3 Å². The van der Waals surface area contributed by atoms with Gasteiger partial charge in [0.1, 0.15) is 5.76 Å². The second-order valence-electron chi connectivity index (χ2n) is 6.74. The molecule has 4 rings (SSSR count). The Kier molecular flexibility index (Phi) is 5.53. The largest absolute Gasteiger partial charge is 0.441 e. The Morgan fingerprint density at radius 2 is 1.76 bits per heavy atom. The molecule has 0 unspecified atom stereocenters. The number of nitrogens with one attached hydrogen (secondary N) is 1. The Labute approximate surface area is 173 Å². The van der Waals surface area contributed by atoms with E-state index in [0.29, 0.717) is 23.9 Å². The van der Waals surface area contributed by atoms with Crippen LogP contribution < -0.4 is 5.32 Å². The lowest BCUT2D eigenvalue weighted by Gasteiger charge is -2.05. The molecule has 5 nitrogen and oxygen atoms in total. The second-order valence-corrected chi connectivity index (χ2v) is 7.81. The summed E-state index contributed by atoms with van der Waals surface area (Å²) in [6, 6.07) is 17.9. The van der Waals surface area contributed by atoms with E-state index in [1.54, 1.807) is 18.3 Å². The number of carbonyl (C=O) groups is 1. The number of amides is 1. The maximum absolute atomic E-state index is 12.5. The van der Waals surface area contributed by atoms with Gasteiger partial charge in [-0.3, -0.25) is 4.79 Å². The SMILES string of the molecule is Cc1nc(-c2ccc(CCNC(=O)c3nc(-c4ccccc4)oc3C)cc2)cs1. The highest BCUT2D eigenvalue weighted by atomic mass is 32.1. The number of benzene rings is 2. The predicted molar refractivity (Wildman–Crippen MR) is 115 cm³/mol. The number of thiazole rings is 1. The molecule has 6 heteroatoms. The van der Waals surface area contributed by atoms with Crippen molar-refractivity contribution in [2.24, 2.45) is 0 Å². The van der Waals surface area contributed by atoms with Gasteiger partial charge in [0.15, 0.2) is 5.69 Å². The molecule has 0 saturated carbocycles. The summed E-state index contributed by atoms with van der Waals surface area (Å²) >= 11 is 1.65. The summed E-state index contributed by atoms with van der Waals surface area (Å²) in [7, 11) is 0. The molecule has 146 valence electrons. The number of carbonyl (C=O) groups excluding carboxylic acids is 1. The molecule has 0 spiro atoms. The molecule has 1 N–H and O–H groups in total. The minimum absolute atomic E-state index is 0.219. The molecule has 0 saturated heterocycles. The van der Waals surface area contributed by atoms with Crippen LogP contribution in [0.3, 0.4) is 0 Å². The lowest BCUT2D eigenvalue weighted by Crippen LogP contribution is -2.26. The molecule has 0 aliphatic heterocycles. The Hall–Kier alpha value is -3.25. The molecule has 0 aliphatic carbocycles. The highest BCUT2D eigenvalue weighted by Gasteiger charge is 2.17. The Bertz CT molecular complexity index is 1110. The van der Waals surface area contributed by atoms with E-state index >= 15 is 0 Å². The van der Waals surface area contributed by atoms with Gasteiger partial charge >= 0.3 is 0 Å². The number of hydrogen-bond donors (Lipinski definition) is 1. The van der Waals surface area contributed by atoms with E-state index < -0.39 is 0 Å². The Morgan fingerprint density at radius 3 is 2.45 bits per heavy atom.